The van der Waals surface area contributed by atoms with E-state index >= 15 is 0 Å². The predicted molar refractivity (Wildman–Crippen MR) is 78.3 cm³/mol. The lowest BCUT2D eigenvalue weighted by atomic mass is 9.92. The third-order valence-electron chi connectivity index (χ3n) is 3.10. The van der Waals surface area contributed by atoms with Gasteiger partial charge in [0.15, 0.2) is 5.82 Å². The summed E-state index contributed by atoms with van der Waals surface area (Å²) in [4.78, 5) is 0. The molecule has 0 fully saturated rings. The topological polar surface area (TPSA) is 78.9 Å². The number of ether oxygens (including phenoxy) is 1. The maximum atomic E-state index is 5.82. The first-order chi connectivity index (χ1) is 9.40. The van der Waals surface area contributed by atoms with Crippen molar-refractivity contribution in [2.45, 2.75) is 33.7 Å². The first kappa shape index (κ1) is 14.3. The monoisotopic (exact) mass is 275 g/mol. The van der Waals surface area contributed by atoms with Crippen LogP contribution >= 0.6 is 0 Å². The summed E-state index contributed by atoms with van der Waals surface area (Å²) in [6.07, 6.45) is 0.997. The summed E-state index contributed by atoms with van der Waals surface area (Å²) in [5.41, 5.74) is 7.56. The highest BCUT2D eigenvalue weighted by Gasteiger charge is 2.15. The van der Waals surface area contributed by atoms with Crippen LogP contribution in [0.15, 0.2) is 18.2 Å². The zero-order valence-corrected chi connectivity index (χ0v) is 12.4. The molecule has 6 nitrogen and oxygen atoms in total. The van der Waals surface area contributed by atoms with Crippen LogP contribution < -0.4 is 10.5 Å². The molecular weight excluding hydrogens is 254 g/mol. The fraction of sp³-hybridized carbons (Fsp3) is 0.500. The molecule has 0 aliphatic heterocycles. The zero-order chi connectivity index (χ0) is 14.8. The molecule has 0 aliphatic carbocycles. The van der Waals surface area contributed by atoms with Crippen LogP contribution in [0.2, 0.25) is 0 Å². The molecule has 2 aromatic rings. The molecule has 0 aliphatic rings. The van der Waals surface area contributed by atoms with Gasteiger partial charge in [0.2, 0.25) is 0 Å². The number of rotatable bonds is 4. The SMILES string of the molecule is COc1cc(-c2nnnn2CCC(C)(C)C)ccc1N. The maximum absolute atomic E-state index is 5.82. The standard InChI is InChI=1S/C14H21N5O/c1-14(2,3)7-8-19-13(16-17-18-19)10-5-6-11(15)12(9-10)20-4/h5-6,9H,7-8,15H2,1-4H3. The number of methoxy groups -OCH3 is 1. The van der Waals surface area contributed by atoms with Gasteiger partial charge in [-0.05, 0) is 40.5 Å². The molecule has 0 spiro atoms. The Kier molecular flexibility index (Phi) is 3.92. The molecule has 2 rings (SSSR count). The molecule has 0 amide bonds. The van der Waals surface area contributed by atoms with Crippen LogP contribution in [0.25, 0.3) is 11.4 Å². The summed E-state index contributed by atoms with van der Waals surface area (Å²) in [5.74, 6) is 1.36. The molecule has 0 saturated heterocycles. The summed E-state index contributed by atoms with van der Waals surface area (Å²) in [6, 6.07) is 5.56. The van der Waals surface area contributed by atoms with E-state index in [1.807, 2.05) is 16.8 Å². The highest BCUT2D eigenvalue weighted by molar-refractivity contribution is 5.65. The lowest BCUT2D eigenvalue weighted by Crippen LogP contribution is -2.12. The van der Waals surface area contributed by atoms with Crippen molar-refractivity contribution >= 4 is 5.69 Å². The van der Waals surface area contributed by atoms with Gasteiger partial charge in [-0.15, -0.1) is 5.10 Å². The molecule has 108 valence electrons. The number of nitrogens with zero attached hydrogens (tertiary/aromatic N) is 4. The molecular formula is C14H21N5O. The quantitative estimate of drug-likeness (QED) is 0.867. The van der Waals surface area contributed by atoms with Gasteiger partial charge in [-0.25, -0.2) is 4.68 Å². The van der Waals surface area contributed by atoms with Crippen molar-refractivity contribution in [1.82, 2.24) is 20.2 Å². The molecule has 0 unspecified atom stereocenters. The van der Waals surface area contributed by atoms with E-state index in [9.17, 15) is 0 Å². The minimum Gasteiger partial charge on any atom is -0.495 e. The molecule has 0 saturated carbocycles. The molecule has 6 heteroatoms. The lowest BCUT2D eigenvalue weighted by molar-refractivity contribution is 0.340. The minimum absolute atomic E-state index is 0.238. The van der Waals surface area contributed by atoms with E-state index in [1.165, 1.54) is 0 Å². The number of anilines is 1. The Morgan fingerprint density at radius 3 is 2.70 bits per heavy atom. The van der Waals surface area contributed by atoms with Gasteiger partial charge in [-0.2, -0.15) is 0 Å². The molecule has 0 bridgehead atoms. The number of hydrogen-bond acceptors (Lipinski definition) is 5. The fourth-order valence-corrected chi connectivity index (χ4v) is 1.85. The molecule has 0 radical (unpaired) electrons. The van der Waals surface area contributed by atoms with Gasteiger partial charge < -0.3 is 10.5 Å². The Hall–Kier alpha value is -2.11. The Balaban J connectivity index is 2.27. The van der Waals surface area contributed by atoms with Crippen LogP contribution in [0.4, 0.5) is 5.69 Å². The number of aryl methyl sites for hydroxylation is 1. The number of tetrazole rings is 1. The van der Waals surface area contributed by atoms with Gasteiger partial charge in [-0.1, -0.05) is 20.8 Å². The second-order valence-electron chi connectivity index (χ2n) is 5.99. The van der Waals surface area contributed by atoms with Crippen LogP contribution in [0, 0.1) is 5.41 Å². The summed E-state index contributed by atoms with van der Waals surface area (Å²) in [6.45, 7) is 7.37. The highest BCUT2D eigenvalue weighted by atomic mass is 16.5. The van der Waals surface area contributed by atoms with E-state index in [0.717, 1.165) is 24.4 Å². The van der Waals surface area contributed by atoms with Crippen molar-refractivity contribution in [2.75, 3.05) is 12.8 Å². The van der Waals surface area contributed by atoms with E-state index in [1.54, 1.807) is 13.2 Å². The first-order valence-corrected chi connectivity index (χ1v) is 6.61. The minimum atomic E-state index is 0.238. The Morgan fingerprint density at radius 2 is 2.05 bits per heavy atom. The van der Waals surface area contributed by atoms with Gasteiger partial charge in [0, 0.05) is 12.1 Å². The summed E-state index contributed by atoms with van der Waals surface area (Å²) in [7, 11) is 1.60. The molecule has 1 aromatic carbocycles. The van der Waals surface area contributed by atoms with Gasteiger partial charge in [0.25, 0.3) is 0 Å². The van der Waals surface area contributed by atoms with Crippen LogP contribution in [0.3, 0.4) is 0 Å². The smallest absolute Gasteiger partial charge is 0.182 e. The van der Waals surface area contributed by atoms with E-state index < -0.39 is 0 Å². The van der Waals surface area contributed by atoms with Crippen LogP contribution in [-0.2, 0) is 6.54 Å². The molecule has 0 atom stereocenters. The third kappa shape index (κ3) is 3.26. The van der Waals surface area contributed by atoms with Crippen LogP contribution in [-0.4, -0.2) is 27.3 Å². The summed E-state index contributed by atoms with van der Waals surface area (Å²) in [5, 5.41) is 11.9. The number of nitrogens with two attached hydrogens (primary N) is 1. The lowest BCUT2D eigenvalue weighted by Gasteiger charge is -2.17. The molecule has 2 N–H and O–H groups in total. The Morgan fingerprint density at radius 1 is 1.30 bits per heavy atom. The number of nitrogen functional groups attached to an aromatic ring is 1. The maximum Gasteiger partial charge on any atom is 0.182 e. The molecule has 1 aromatic heterocycles. The van der Waals surface area contributed by atoms with E-state index in [2.05, 4.69) is 36.3 Å². The number of benzene rings is 1. The van der Waals surface area contributed by atoms with Crippen LogP contribution in [0.1, 0.15) is 27.2 Å². The van der Waals surface area contributed by atoms with E-state index in [-0.39, 0.29) is 5.41 Å². The highest BCUT2D eigenvalue weighted by Crippen LogP contribution is 2.28. The van der Waals surface area contributed by atoms with E-state index in [0.29, 0.717) is 11.4 Å². The average Bonchev–Trinajstić information content (AvgIpc) is 2.84. The molecule has 20 heavy (non-hydrogen) atoms. The molecule has 1 heterocycles. The number of hydrogen-bond donors (Lipinski definition) is 1. The second kappa shape index (κ2) is 5.48. The number of aromatic nitrogens is 4. The van der Waals surface area contributed by atoms with Crippen molar-refractivity contribution in [2.24, 2.45) is 5.41 Å². The predicted octanol–water partition coefficient (Wildman–Crippen LogP) is 2.37. The first-order valence-electron chi connectivity index (χ1n) is 6.61. The van der Waals surface area contributed by atoms with Gasteiger partial charge in [-0.3, -0.25) is 0 Å². The zero-order valence-electron chi connectivity index (χ0n) is 12.4. The van der Waals surface area contributed by atoms with Gasteiger partial charge in [0.1, 0.15) is 5.75 Å². The van der Waals surface area contributed by atoms with E-state index in [4.69, 9.17) is 10.5 Å². The van der Waals surface area contributed by atoms with Crippen molar-refractivity contribution in [3.63, 3.8) is 0 Å². The van der Waals surface area contributed by atoms with Crippen molar-refractivity contribution in [3.8, 4) is 17.1 Å². The van der Waals surface area contributed by atoms with Gasteiger partial charge >= 0.3 is 0 Å². The normalized spacial score (nSPS) is 11.6. The fourth-order valence-electron chi connectivity index (χ4n) is 1.85. The Labute approximate surface area is 118 Å². The largest absolute Gasteiger partial charge is 0.495 e. The summed E-state index contributed by atoms with van der Waals surface area (Å²) < 4.78 is 7.05. The van der Waals surface area contributed by atoms with Crippen LogP contribution in [0.5, 0.6) is 5.75 Å². The Bertz CT molecular complexity index is 585. The second-order valence-corrected chi connectivity index (χ2v) is 5.99. The summed E-state index contributed by atoms with van der Waals surface area (Å²) >= 11 is 0. The average molecular weight is 275 g/mol. The van der Waals surface area contributed by atoms with Crippen molar-refractivity contribution < 1.29 is 4.74 Å². The van der Waals surface area contributed by atoms with Crippen molar-refractivity contribution in [3.05, 3.63) is 18.2 Å². The third-order valence-corrected chi connectivity index (χ3v) is 3.10. The van der Waals surface area contributed by atoms with Crippen molar-refractivity contribution in [1.29, 1.82) is 0 Å². The van der Waals surface area contributed by atoms with Gasteiger partial charge in [0.05, 0.1) is 12.8 Å².